The second kappa shape index (κ2) is 8.39. The Morgan fingerprint density at radius 2 is 1.97 bits per heavy atom. The molecular formula is C23H26N4O3S. The zero-order valence-corrected chi connectivity index (χ0v) is 18.3. The number of aromatic amines is 1. The van der Waals surface area contributed by atoms with Gasteiger partial charge in [0.05, 0.1) is 4.90 Å². The van der Waals surface area contributed by atoms with Gasteiger partial charge in [-0.2, -0.15) is 0 Å². The van der Waals surface area contributed by atoms with Crippen molar-refractivity contribution in [2.75, 3.05) is 13.1 Å². The number of aromatic nitrogens is 2. The SMILES string of the molecule is C[C@H](CNCC(C)(O)c1c[nH]c2ccccc12)NS(=O)(=O)c1ccc2cnccc2c1. The van der Waals surface area contributed by atoms with Crippen molar-refractivity contribution < 1.29 is 13.5 Å². The Kier molecular flexibility index (Phi) is 5.81. The van der Waals surface area contributed by atoms with Crippen LogP contribution in [0.4, 0.5) is 0 Å². The van der Waals surface area contributed by atoms with Gasteiger partial charge in [0.2, 0.25) is 10.0 Å². The molecule has 0 amide bonds. The average molecular weight is 439 g/mol. The van der Waals surface area contributed by atoms with Gasteiger partial charge in [-0.1, -0.05) is 24.3 Å². The highest BCUT2D eigenvalue weighted by atomic mass is 32.2. The fourth-order valence-electron chi connectivity index (χ4n) is 3.75. The highest BCUT2D eigenvalue weighted by Crippen LogP contribution is 2.28. The molecule has 0 bridgehead atoms. The normalized spacial score (nSPS) is 15.2. The maximum absolute atomic E-state index is 12.8. The van der Waals surface area contributed by atoms with Gasteiger partial charge in [0.25, 0.3) is 0 Å². The Morgan fingerprint density at radius 1 is 1.16 bits per heavy atom. The third kappa shape index (κ3) is 4.62. The number of rotatable bonds is 8. The number of hydrogen-bond acceptors (Lipinski definition) is 5. The summed E-state index contributed by atoms with van der Waals surface area (Å²) in [6, 6.07) is 14.2. The predicted molar refractivity (Wildman–Crippen MR) is 122 cm³/mol. The topological polar surface area (TPSA) is 107 Å². The maximum atomic E-state index is 12.8. The molecule has 8 heteroatoms. The summed E-state index contributed by atoms with van der Waals surface area (Å²) < 4.78 is 28.2. The van der Waals surface area contributed by atoms with E-state index < -0.39 is 15.6 Å². The van der Waals surface area contributed by atoms with Crippen LogP contribution < -0.4 is 10.0 Å². The fraction of sp³-hybridized carbons (Fsp3) is 0.261. The van der Waals surface area contributed by atoms with Crippen molar-refractivity contribution in [2.24, 2.45) is 0 Å². The molecule has 2 aromatic heterocycles. The third-order valence-corrected chi connectivity index (χ3v) is 6.96. The molecule has 2 heterocycles. The van der Waals surface area contributed by atoms with Gasteiger partial charge < -0.3 is 15.4 Å². The zero-order valence-electron chi connectivity index (χ0n) is 17.5. The molecule has 0 saturated heterocycles. The first-order chi connectivity index (χ1) is 14.8. The smallest absolute Gasteiger partial charge is 0.240 e. The second-order valence-electron chi connectivity index (χ2n) is 8.06. The van der Waals surface area contributed by atoms with E-state index >= 15 is 0 Å². The molecule has 4 aromatic rings. The first-order valence-electron chi connectivity index (χ1n) is 10.1. The first-order valence-corrected chi connectivity index (χ1v) is 11.6. The molecule has 0 saturated carbocycles. The molecule has 0 spiro atoms. The largest absolute Gasteiger partial charge is 0.384 e. The summed E-state index contributed by atoms with van der Waals surface area (Å²) in [7, 11) is -3.67. The van der Waals surface area contributed by atoms with Crippen molar-refractivity contribution in [1.82, 2.24) is 20.0 Å². The Labute approximate surface area is 181 Å². The van der Waals surface area contributed by atoms with E-state index in [2.05, 4.69) is 20.0 Å². The highest BCUT2D eigenvalue weighted by Gasteiger charge is 2.26. The quantitative estimate of drug-likeness (QED) is 0.338. The van der Waals surface area contributed by atoms with E-state index in [0.717, 1.165) is 27.2 Å². The summed E-state index contributed by atoms with van der Waals surface area (Å²) in [5.41, 5.74) is 0.657. The summed E-state index contributed by atoms with van der Waals surface area (Å²) in [6.07, 6.45) is 5.15. The summed E-state index contributed by atoms with van der Waals surface area (Å²) in [5.74, 6) is 0. The van der Waals surface area contributed by atoms with E-state index in [1.807, 2.05) is 30.5 Å². The number of nitrogens with zero attached hydrogens (tertiary/aromatic N) is 1. The van der Waals surface area contributed by atoms with Crippen LogP contribution in [0.15, 0.2) is 72.0 Å². The number of nitrogens with one attached hydrogen (secondary N) is 3. The molecule has 2 atom stereocenters. The molecule has 7 nitrogen and oxygen atoms in total. The Morgan fingerprint density at radius 3 is 2.81 bits per heavy atom. The fourth-order valence-corrected chi connectivity index (χ4v) is 5.03. The molecule has 4 rings (SSSR count). The van der Waals surface area contributed by atoms with E-state index in [1.165, 1.54) is 0 Å². The van der Waals surface area contributed by atoms with Crippen molar-refractivity contribution in [3.05, 3.63) is 72.7 Å². The Balaban J connectivity index is 1.38. The number of sulfonamides is 1. The molecule has 162 valence electrons. The van der Waals surface area contributed by atoms with Crippen molar-refractivity contribution >= 4 is 31.7 Å². The van der Waals surface area contributed by atoms with Crippen molar-refractivity contribution in [3.63, 3.8) is 0 Å². The standard InChI is InChI=1S/C23H26N4O3S/c1-16(27-31(29,30)19-8-7-18-13-24-10-9-17(18)11-19)12-25-15-23(2,28)21-14-26-22-6-4-3-5-20(21)22/h3-11,13-14,16,25-28H,12,15H2,1-2H3/t16-,23?/m1/s1. The minimum atomic E-state index is -3.67. The second-order valence-corrected chi connectivity index (χ2v) is 9.77. The molecule has 0 aliphatic carbocycles. The molecule has 0 aliphatic heterocycles. The number of para-hydroxylation sites is 1. The lowest BCUT2D eigenvalue weighted by Gasteiger charge is -2.25. The minimum Gasteiger partial charge on any atom is -0.384 e. The van der Waals surface area contributed by atoms with Gasteiger partial charge in [-0.05, 0) is 43.5 Å². The van der Waals surface area contributed by atoms with Crippen LogP contribution in [0, 0.1) is 0 Å². The van der Waals surface area contributed by atoms with Gasteiger partial charge in [0, 0.05) is 59.6 Å². The van der Waals surface area contributed by atoms with Crippen LogP contribution >= 0.6 is 0 Å². The van der Waals surface area contributed by atoms with E-state index in [4.69, 9.17) is 0 Å². The van der Waals surface area contributed by atoms with Gasteiger partial charge in [-0.25, -0.2) is 13.1 Å². The van der Waals surface area contributed by atoms with Crippen LogP contribution in [0.5, 0.6) is 0 Å². The Hall–Kier alpha value is -2.78. The first kappa shape index (κ1) is 21.5. The predicted octanol–water partition coefficient (Wildman–Crippen LogP) is 2.88. The average Bonchev–Trinajstić information content (AvgIpc) is 3.18. The van der Waals surface area contributed by atoms with Crippen molar-refractivity contribution in [1.29, 1.82) is 0 Å². The third-order valence-electron chi connectivity index (χ3n) is 5.37. The van der Waals surface area contributed by atoms with E-state index in [1.54, 1.807) is 50.5 Å². The summed E-state index contributed by atoms with van der Waals surface area (Å²) in [4.78, 5) is 7.43. The van der Waals surface area contributed by atoms with Crippen LogP contribution in [-0.2, 0) is 15.6 Å². The number of H-pyrrole nitrogens is 1. The van der Waals surface area contributed by atoms with E-state index in [0.29, 0.717) is 6.54 Å². The lowest BCUT2D eigenvalue weighted by Crippen LogP contribution is -2.43. The maximum Gasteiger partial charge on any atom is 0.240 e. The monoisotopic (exact) mass is 438 g/mol. The van der Waals surface area contributed by atoms with Gasteiger partial charge in [0.15, 0.2) is 0 Å². The zero-order chi connectivity index (χ0) is 22.1. The van der Waals surface area contributed by atoms with Crippen LogP contribution in [0.2, 0.25) is 0 Å². The van der Waals surface area contributed by atoms with Crippen LogP contribution in [0.25, 0.3) is 21.7 Å². The number of pyridine rings is 1. The number of fused-ring (bicyclic) bond motifs is 2. The van der Waals surface area contributed by atoms with Gasteiger partial charge in [-0.15, -0.1) is 0 Å². The Bertz CT molecular complexity index is 1310. The molecule has 0 radical (unpaired) electrons. The molecule has 31 heavy (non-hydrogen) atoms. The van der Waals surface area contributed by atoms with E-state index in [9.17, 15) is 13.5 Å². The van der Waals surface area contributed by atoms with Gasteiger partial charge in [-0.3, -0.25) is 4.98 Å². The summed E-state index contributed by atoms with van der Waals surface area (Å²) in [6.45, 7) is 4.18. The molecule has 2 aromatic carbocycles. The number of hydrogen-bond donors (Lipinski definition) is 4. The highest BCUT2D eigenvalue weighted by molar-refractivity contribution is 7.89. The van der Waals surface area contributed by atoms with Gasteiger partial charge in [0.1, 0.15) is 5.60 Å². The van der Waals surface area contributed by atoms with Crippen LogP contribution in [-0.4, -0.2) is 42.6 Å². The van der Waals surface area contributed by atoms with Crippen molar-refractivity contribution in [3.8, 4) is 0 Å². The van der Waals surface area contributed by atoms with Crippen molar-refractivity contribution in [2.45, 2.75) is 30.4 Å². The number of benzene rings is 2. The number of aliphatic hydroxyl groups is 1. The lowest BCUT2D eigenvalue weighted by atomic mass is 9.95. The van der Waals surface area contributed by atoms with Crippen LogP contribution in [0.1, 0.15) is 19.4 Å². The van der Waals surface area contributed by atoms with E-state index in [-0.39, 0.29) is 17.5 Å². The lowest BCUT2D eigenvalue weighted by molar-refractivity contribution is 0.0583. The molecule has 1 unspecified atom stereocenters. The summed E-state index contributed by atoms with van der Waals surface area (Å²) >= 11 is 0. The van der Waals surface area contributed by atoms with Gasteiger partial charge >= 0.3 is 0 Å². The molecule has 0 fully saturated rings. The molecule has 0 aliphatic rings. The minimum absolute atomic E-state index is 0.212. The summed E-state index contributed by atoms with van der Waals surface area (Å²) in [5, 5.41) is 16.8. The van der Waals surface area contributed by atoms with Crippen LogP contribution in [0.3, 0.4) is 0 Å². The molecular weight excluding hydrogens is 412 g/mol. The molecule has 4 N–H and O–H groups in total.